The van der Waals surface area contributed by atoms with Gasteiger partial charge in [-0.3, -0.25) is 5.10 Å². The van der Waals surface area contributed by atoms with Crippen LogP contribution < -0.4 is 5.32 Å². The molecule has 2 heterocycles. The molecule has 0 spiro atoms. The average Bonchev–Trinajstić information content (AvgIpc) is 2.79. The van der Waals surface area contributed by atoms with Crippen molar-refractivity contribution in [2.24, 2.45) is 0 Å². The highest BCUT2D eigenvalue weighted by Gasteiger charge is 2.16. The molecule has 2 N–H and O–H groups in total. The van der Waals surface area contributed by atoms with E-state index >= 15 is 0 Å². The van der Waals surface area contributed by atoms with Gasteiger partial charge in [-0.1, -0.05) is 0 Å². The third kappa shape index (κ3) is 1.56. The molecule has 2 aromatic rings. The van der Waals surface area contributed by atoms with Gasteiger partial charge in [0, 0.05) is 6.20 Å². The van der Waals surface area contributed by atoms with Gasteiger partial charge >= 0.3 is 0 Å². The van der Waals surface area contributed by atoms with E-state index in [-0.39, 0.29) is 6.04 Å². The third-order valence-corrected chi connectivity index (χ3v) is 2.17. The summed E-state index contributed by atoms with van der Waals surface area (Å²) in [6.45, 7) is 1.93. The maximum atomic E-state index is 5.55. The Bertz CT molecular complexity index is 391. The van der Waals surface area contributed by atoms with Crippen LogP contribution in [-0.4, -0.2) is 17.2 Å². The van der Waals surface area contributed by atoms with Crippen LogP contribution in [0.25, 0.3) is 0 Å². The van der Waals surface area contributed by atoms with Gasteiger partial charge in [-0.2, -0.15) is 5.10 Å². The van der Waals surface area contributed by atoms with Crippen LogP contribution in [0.5, 0.6) is 0 Å². The standard InChI is InChI=1S/C10H13N3O/c1-7-3-4-9(14-7)10(11-2)8-5-6-12-13-8/h3-6,10-11H,1-2H3,(H,12,13). The SMILES string of the molecule is CNC(c1ccn[nH]1)c1ccc(C)o1. The van der Waals surface area contributed by atoms with Crippen LogP contribution in [0.4, 0.5) is 0 Å². The second-order valence-electron chi connectivity index (χ2n) is 3.18. The Morgan fingerprint density at radius 2 is 2.29 bits per heavy atom. The van der Waals surface area contributed by atoms with Crippen molar-refractivity contribution in [1.29, 1.82) is 0 Å². The Morgan fingerprint density at radius 1 is 1.43 bits per heavy atom. The molecule has 4 heteroatoms. The molecular weight excluding hydrogens is 178 g/mol. The molecule has 74 valence electrons. The quantitative estimate of drug-likeness (QED) is 0.775. The van der Waals surface area contributed by atoms with E-state index in [1.165, 1.54) is 0 Å². The summed E-state index contributed by atoms with van der Waals surface area (Å²) in [6.07, 6.45) is 1.73. The number of aromatic nitrogens is 2. The molecule has 0 saturated carbocycles. The number of rotatable bonds is 3. The smallest absolute Gasteiger partial charge is 0.127 e. The Balaban J connectivity index is 2.31. The monoisotopic (exact) mass is 191 g/mol. The van der Waals surface area contributed by atoms with Gasteiger partial charge in [0.25, 0.3) is 0 Å². The fraction of sp³-hybridized carbons (Fsp3) is 0.300. The molecule has 14 heavy (non-hydrogen) atoms. The van der Waals surface area contributed by atoms with Crippen LogP contribution in [-0.2, 0) is 0 Å². The molecule has 0 aliphatic rings. The molecule has 1 atom stereocenters. The highest BCUT2D eigenvalue weighted by molar-refractivity contribution is 5.20. The van der Waals surface area contributed by atoms with Crippen LogP contribution in [0.3, 0.4) is 0 Å². The van der Waals surface area contributed by atoms with Crippen LogP contribution in [0.1, 0.15) is 23.3 Å². The molecule has 0 aromatic carbocycles. The predicted octanol–water partition coefficient (Wildman–Crippen LogP) is 1.62. The summed E-state index contributed by atoms with van der Waals surface area (Å²) in [6, 6.07) is 5.90. The van der Waals surface area contributed by atoms with E-state index in [2.05, 4.69) is 15.5 Å². The van der Waals surface area contributed by atoms with Crippen molar-refractivity contribution >= 4 is 0 Å². The van der Waals surface area contributed by atoms with Crippen LogP contribution in [0.15, 0.2) is 28.8 Å². The van der Waals surface area contributed by atoms with Gasteiger partial charge in [0.05, 0.1) is 5.69 Å². The maximum Gasteiger partial charge on any atom is 0.127 e. The van der Waals surface area contributed by atoms with Crippen molar-refractivity contribution in [3.8, 4) is 0 Å². The van der Waals surface area contributed by atoms with Crippen molar-refractivity contribution in [2.45, 2.75) is 13.0 Å². The zero-order chi connectivity index (χ0) is 9.97. The molecule has 1 unspecified atom stereocenters. The van der Waals surface area contributed by atoms with E-state index in [4.69, 9.17) is 4.42 Å². The van der Waals surface area contributed by atoms with E-state index in [0.29, 0.717) is 0 Å². The summed E-state index contributed by atoms with van der Waals surface area (Å²) in [4.78, 5) is 0. The lowest BCUT2D eigenvalue weighted by Gasteiger charge is -2.10. The summed E-state index contributed by atoms with van der Waals surface area (Å²) < 4.78 is 5.55. The number of nitrogens with zero attached hydrogens (tertiary/aromatic N) is 1. The Morgan fingerprint density at radius 3 is 2.79 bits per heavy atom. The number of hydrogen-bond donors (Lipinski definition) is 2. The van der Waals surface area contributed by atoms with Gasteiger partial charge < -0.3 is 9.73 Å². The van der Waals surface area contributed by atoms with E-state index < -0.39 is 0 Å². The topological polar surface area (TPSA) is 53.9 Å². The van der Waals surface area contributed by atoms with Crippen LogP contribution in [0, 0.1) is 6.92 Å². The minimum Gasteiger partial charge on any atom is -0.464 e. The lowest BCUT2D eigenvalue weighted by molar-refractivity contribution is 0.440. The van der Waals surface area contributed by atoms with Gasteiger partial charge in [-0.15, -0.1) is 0 Å². The molecule has 0 aliphatic heterocycles. The number of nitrogens with one attached hydrogen (secondary N) is 2. The number of H-pyrrole nitrogens is 1. The Labute approximate surface area is 82.3 Å². The van der Waals surface area contributed by atoms with Crippen LogP contribution in [0.2, 0.25) is 0 Å². The van der Waals surface area contributed by atoms with Gasteiger partial charge in [0.1, 0.15) is 17.6 Å². The minimum absolute atomic E-state index is 0.0474. The highest BCUT2D eigenvalue weighted by Crippen LogP contribution is 2.21. The fourth-order valence-corrected chi connectivity index (χ4v) is 1.49. The zero-order valence-electron chi connectivity index (χ0n) is 8.24. The zero-order valence-corrected chi connectivity index (χ0v) is 8.24. The van der Waals surface area contributed by atoms with Crippen molar-refractivity contribution in [3.05, 3.63) is 41.6 Å². The van der Waals surface area contributed by atoms with Crippen molar-refractivity contribution in [3.63, 3.8) is 0 Å². The maximum absolute atomic E-state index is 5.55. The summed E-state index contributed by atoms with van der Waals surface area (Å²) in [7, 11) is 1.89. The van der Waals surface area contributed by atoms with Gasteiger partial charge in [-0.25, -0.2) is 0 Å². The van der Waals surface area contributed by atoms with E-state index in [1.807, 2.05) is 32.2 Å². The first-order valence-electron chi connectivity index (χ1n) is 4.54. The first-order valence-corrected chi connectivity index (χ1v) is 4.54. The van der Waals surface area contributed by atoms with Gasteiger partial charge in [0.15, 0.2) is 0 Å². The van der Waals surface area contributed by atoms with E-state index in [0.717, 1.165) is 17.2 Å². The molecule has 4 nitrogen and oxygen atoms in total. The largest absolute Gasteiger partial charge is 0.464 e. The second kappa shape index (κ2) is 3.67. The van der Waals surface area contributed by atoms with Crippen molar-refractivity contribution < 1.29 is 4.42 Å². The van der Waals surface area contributed by atoms with Crippen molar-refractivity contribution in [2.75, 3.05) is 7.05 Å². The fourth-order valence-electron chi connectivity index (χ4n) is 1.49. The molecule has 0 radical (unpaired) electrons. The Kier molecular flexibility index (Phi) is 2.37. The number of aromatic amines is 1. The summed E-state index contributed by atoms with van der Waals surface area (Å²) in [5, 5.41) is 10.0. The molecule has 0 bridgehead atoms. The molecule has 0 saturated heterocycles. The van der Waals surface area contributed by atoms with Crippen LogP contribution >= 0.6 is 0 Å². The summed E-state index contributed by atoms with van der Waals surface area (Å²) in [5.41, 5.74) is 1.00. The van der Waals surface area contributed by atoms with Crippen molar-refractivity contribution in [1.82, 2.24) is 15.5 Å². The summed E-state index contributed by atoms with van der Waals surface area (Å²) >= 11 is 0. The lowest BCUT2D eigenvalue weighted by atomic mass is 10.1. The van der Waals surface area contributed by atoms with E-state index in [9.17, 15) is 0 Å². The molecule has 2 rings (SSSR count). The average molecular weight is 191 g/mol. The first-order chi connectivity index (χ1) is 6.81. The molecule has 2 aromatic heterocycles. The molecule has 0 aliphatic carbocycles. The van der Waals surface area contributed by atoms with Gasteiger partial charge in [-0.05, 0) is 32.2 Å². The van der Waals surface area contributed by atoms with E-state index in [1.54, 1.807) is 6.20 Å². The highest BCUT2D eigenvalue weighted by atomic mass is 16.3. The number of furan rings is 1. The number of aryl methyl sites for hydroxylation is 1. The second-order valence-corrected chi connectivity index (χ2v) is 3.18. The minimum atomic E-state index is 0.0474. The molecular formula is C10H13N3O. The molecule has 0 amide bonds. The first kappa shape index (κ1) is 9.02. The third-order valence-electron chi connectivity index (χ3n) is 2.17. The van der Waals surface area contributed by atoms with Gasteiger partial charge in [0.2, 0.25) is 0 Å². The predicted molar refractivity (Wildman–Crippen MR) is 52.9 cm³/mol. The molecule has 0 fully saturated rings. The normalized spacial score (nSPS) is 13.0. The number of hydrogen-bond acceptors (Lipinski definition) is 3. The lowest BCUT2D eigenvalue weighted by Crippen LogP contribution is -2.17. The summed E-state index contributed by atoms with van der Waals surface area (Å²) in [5.74, 6) is 1.81. The Hall–Kier alpha value is -1.55.